The molecule has 1 N–H and O–H groups in total. The first-order valence-corrected chi connectivity index (χ1v) is 9.74. The predicted octanol–water partition coefficient (Wildman–Crippen LogP) is 4.57. The SMILES string of the molecule is CC1(c2ccc(F)cc2Cl)NC(=O)N(Cc2csc(-c3ccccc3)n2)C1=O. The lowest BCUT2D eigenvalue weighted by atomic mass is 9.92. The van der Waals surface area contributed by atoms with Crippen molar-refractivity contribution in [3.05, 3.63) is 76.0 Å². The summed E-state index contributed by atoms with van der Waals surface area (Å²) in [4.78, 5) is 31.1. The van der Waals surface area contributed by atoms with E-state index in [4.69, 9.17) is 11.6 Å². The standard InChI is InChI=1S/C20H15ClFN3O2S/c1-20(15-8-7-13(22)9-16(15)21)18(26)25(19(27)24-20)10-14-11-28-17(23-14)12-5-3-2-4-6-12/h2-9,11H,10H2,1H3,(H,24,27). The molecule has 8 heteroatoms. The molecular weight excluding hydrogens is 401 g/mol. The van der Waals surface area contributed by atoms with Crippen LogP contribution >= 0.6 is 22.9 Å². The van der Waals surface area contributed by atoms with E-state index in [0.29, 0.717) is 11.3 Å². The summed E-state index contributed by atoms with van der Waals surface area (Å²) in [6, 6.07) is 12.9. The second-order valence-electron chi connectivity index (χ2n) is 6.58. The number of nitrogens with one attached hydrogen (secondary N) is 1. The van der Waals surface area contributed by atoms with Gasteiger partial charge in [-0.2, -0.15) is 0 Å². The van der Waals surface area contributed by atoms with Crippen LogP contribution in [0.2, 0.25) is 5.02 Å². The molecule has 1 unspecified atom stereocenters. The number of thiazole rings is 1. The molecule has 0 spiro atoms. The van der Waals surface area contributed by atoms with Gasteiger partial charge in [0.15, 0.2) is 0 Å². The van der Waals surface area contributed by atoms with E-state index in [1.165, 1.54) is 23.5 Å². The molecule has 0 radical (unpaired) electrons. The highest BCUT2D eigenvalue weighted by molar-refractivity contribution is 7.13. The van der Waals surface area contributed by atoms with Crippen molar-refractivity contribution in [3.8, 4) is 10.6 Å². The van der Waals surface area contributed by atoms with Crippen molar-refractivity contribution in [2.45, 2.75) is 19.0 Å². The van der Waals surface area contributed by atoms with Gasteiger partial charge in [0.05, 0.1) is 12.2 Å². The van der Waals surface area contributed by atoms with Crippen LogP contribution in [0.3, 0.4) is 0 Å². The number of benzene rings is 2. The lowest BCUT2D eigenvalue weighted by molar-refractivity contribution is -0.131. The molecule has 3 aromatic rings. The first-order valence-electron chi connectivity index (χ1n) is 8.48. The molecule has 0 aliphatic carbocycles. The van der Waals surface area contributed by atoms with E-state index in [9.17, 15) is 14.0 Å². The Morgan fingerprint density at radius 2 is 1.96 bits per heavy atom. The van der Waals surface area contributed by atoms with E-state index >= 15 is 0 Å². The first-order chi connectivity index (χ1) is 13.4. The van der Waals surface area contributed by atoms with Gasteiger partial charge in [0.2, 0.25) is 0 Å². The molecule has 0 bridgehead atoms. The van der Waals surface area contributed by atoms with Crippen molar-refractivity contribution in [1.29, 1.82) is 0 Å². The smallest absolute Gasteiger partial charge is 0.319 e. The number of rotatable bonds is 4. The number of aromatic nitrogens is 1. The minimum absolute atomic E-state index is 0.0441. The van der Waals surface area contributed by atoms with Gasteiger partial charge in [0, 0.05) is 21.5 Å². The van der Waals surface area contributed by atoms with Crippen molar-refractivity contribution in [3.63, 3.8) is 0 Å². The summed E-state index contributed by atoms with van der Waals surface area (Å²) >= 11 is 7.56. The molecule has 1 saturated heterocycles. The highest BCUT2D eigenvalue weighted by Gasteiger charge is 2.50. The Labute approximate surface area is 169 Å². The molecule has 2 heterocycles. The fourth-order valence-electron chi connectivity index (χ4n) is 3.17. The van der Waals surface area contributed by atoms with Crippen LogP contribution in [0.4, 0.5) is 9.18 Å². The number of amides is 3. The van der Waals surface area contributed by atoms with Gasteiger partial charge in [-0.3, -0.25) is 9.69 Å². The third kappa shape index (κ3) is 3.16. The molecule has 0 saturated carbocycles. The summed E-state index contributed by atoms with van der Waals surface area (Å²) in [5.74, 6) is -0.970. The molecule has 1 atom stereocenters. The number of nitrogens with zero attached hydrogens (tertiary/aromatic N) is 2. The van der Waals surface area contributed by atoms with Crippen molar-refractivity contribution < 1.29 is 14.0 Å². The normalized spacial score (nSPS) is 19.2. The van der Waals surface area contributed by atoms with E-state index in [2.05, 4.69) is 10.3 Å². The summed E-state index contributed by atoms with van der Waals surface area (Å²) in [5, 5.41) is 5.39. The molecule has 28 heavy (non-hydrogen) atoms. The molecule has 5 nitrogen and oxygen atoms in total. The van der Waals surface area contributed by atoms with Crippen molar-refractivity contribution >= 4 is 34.9 Å². The average molecular weight is 416 g/mol. The van der Waals surface area contributed by atoms with Crippen LogP contribution in [-0.2, 0) is 16.9 Å². The second kappa shape index (κ2) is 7.00. The van der Waals surface area contributed by atoms with Crippen molar-refractivity contribution in [1.82, 2.24) is 15.2 Å². The highest BCUT2D eigenvalue weighted by Crippen LogP contribution is 2.35. The van der Waals surface area contributed by atoms with Crippen LogP contribution in [0, 0.1) is 5.82 Å². The lowest BCUT2D eigenvalue weighted by Crippen LogP contribution is -2.41. The van der Waals surface area contributed by atoms with Gasteiger partial charge in [0.1, 0.15) is 16.4 Å². The number of hydrogen-bond acceptors (Lipinski definition) is 4. The number of urea groups is 1. The molecule has 1 aromatic heterocycles. The highest BCUT2D eigenvalue weighted by atomic mass is 35.5. The van der Waals surface area contributed by atoms with E-state index in [0.717, 1.165) is 21.5 Å². The summed E-state index contributed by atoms with van der Waals surface area (Å²) in [5.41, 5.74) is 0.570. The monoisotopic (exact) mass is 415 g/mol. The molecule has 1 aliphatic rings. The van der Waals surface area contributed by atoms with Crippen LogP contribution in [0.5, 0.6) is 0 Å². The molecule has 2 aromatic carbocycles. The Bertz CT molecular complexity index is 1070. The van der Waals surface area contributed by atoms with Crippen molar-refractivity contribution in [2.24, 2.45) is 0 Å². The third-order valence-corrected chi connectivity index (χ3v) is 5.89. The maximum atomic E-state index is 13.4. The minimum Gasteiger partial charge on any atom is -0.319 e. The topological polar surface area (TPSA) is 62.3 Å². The summed E-state index contributed by atoms with van der Waals surface area (Å²) < 4.78 is 13.4. The fraction of sp³-hybridized carbons (Fsp3) is 0.150. The Morgan fingerprint density at radius 1 is 1.21 bits per heavy atom. The number of halogens is 2. The van der Waals surface area contributed by atoms with Gasteiger partial charge >= 0.3 is 6.03 Å². The summed E-state index contributed by atoms with van der Waals surface area (Å²) in [6.07, 6.45) is 0. The first kappa shape index (κ1) is 18.6. The number of imide groups is 1. The lowest BCUT2D eigenvalue weighted by Gasteiger charge is -2.23. The van der Waals surface area contributed by atoms with E-state index < -0.39 is 23.3 Å². The van der Waals surface area contributed by atoms with Gasteiger partial charge in [-0.05, 0) is 19.1 Å². The Morgan fingerprint density at radius 3 is 2.68 bits per heavy atom. The zero-order chi connectivity index (χ0) is 19.9. The molecule has 1 aliphatic heterocycles. The van der Waals surface area contributed by atoms with Crippen LogP contribution in [0.1, 0.15) is 18.2 Å². The zero-order valence-electron chi connectivity index (χ0n) is 14.8. The molecular formula is C20H15ClFN3O2S. The van der Waals surface area contributed by atoms with E-state index in [1.54, 1.807) is 6.92 Å². The minimum atomic E-state index is -1.36. The van der Waals surface area contributed by atoms with Crippen LogP contribution in [0.15, 0.2) is 53.9 Å². The third-order valence-electron chi connectivity index (χ3n) is 4.64. The average Bonchev–Trinajstić information content (AvgIpc) is 3.22. The van der Waals surface area contributed by atoms with Gasteiger partial charge in [-0.1, -0.05) is 48.0 Å². The molecule has 4 rings (SSSR count). The van der Waals surface area contributed by atoms with Crippen LogP contribution in [-0.4, -0.2) is 21.8 Å². The Balaban J connectivity index is 1.59. The van der Waals surface area contributed by atoms with E-state index in [1.807, 2.05) is 35.7 Å². The van der Waals surface area contributed by atoms with Gasteiger partial charge in [-0.15, -0.1) is 11.3 Å². The van der Waals surface area contributed by atoms with Crippen molar-refractivity contribution in [2.75, 3.05) is 0 Å². The van der Waals surface area contributed by atoms with Gasteiger partial charge in [-0.25, -0.2) is 14.2 Å². The van der Waals surface area contributed by atoms with Gasteiger partial charge < -0.3 is 5.32 Å². The fourth-order valence-corrected chi connectivity index (χ4v) is 4.35. The predicted molar refractivity (Wildman–Crippen MR) is 105 cm³/mol. The summed E-state index contributed by atoms with van der Waals surface area (Å²) in [6.45, 7) is 1.60. The molecule has 3 amide bonds. The number of hydrogen-bond donors (Lipinski definition) is 1. The number of carbonyl (C=O) groups excluding carboxylic acids is 2. The molecule has 1 fully saturated rings. The van der Waals surface area contributed by atoms with Crippen LogP contribution in [0.25, 0.3) is 10.6 Å². The molecule has 142 valence electrons. The Hall–Kier alpha value is -2.77. The quantitative estimate of drug-likeness (QED) is 0.635. The number of carbonyl (C=O) groups is 2. The second-order valence-corrected chi connectivity index (χ2v) is 7.85. The maximum Gasteiger partial charge on any atom is 0.325 e. The maximum absolute atomic E-state index is 13.4. The zero-order valence-corrected chi connectivity index (χ0v) is 16.4. The summed E-state index contributed by atoms with van der Waals surface area (Å²) in [7, 11) is 0. The Kier molecular flexibility index (Phi) is 4.64. The van der Waals surface area contributed by atoms with E-state index in [-0.39, 0.29) is 11.6 Å². The van der Waals surface area contributed by atoms with Crippen LogP contribution < -0.4 is 5.32 Å². The largest absolute Gasteiger partial charge is 0.325 e. The van der Waals surface area contributed by atoms with Gasteiger partial charge in [0.25, 0.3) is 5.91 Å².